The van der Waals surface area contributed by atoms with Crippen LogP contribution in [0.4, 0.5) is 0 Å². The number of aromatic hydroxyl groups is 1. The molecule has 2 aromatic rings. The van der Waals surface area contributed by atoms with E-state index in [-0.39, 0.29) is 61.2 Å². The molecule has 1 saturated heterocycles. The van der Waals surface area contributed by atoms with E-state index in [2.05, 4.69) is 21.0 Å². The first-order chi connectivity index (χ1) is 28.0. The third-order valence-electron chi connectivity index (χ3n) is 10.9. The fourth-order valence-electron chi connectivity index (χ4n) is 7.22. The molecular weight excluding hydrogens is 779 g/mol. The number of likely N-dealkylation sites (tertiary alicyclic amines) is 1. The SMILES string of the molecule is CCCC(=O)OCN(C(=O)C(NC(=O)C1CCCCN1C)C(C)CC)C(CC(OC(C)=O)c1nc(C(=O)NC(Cc2ccc(O)cc2)CC(C)C(=O)NN)cs1)C(C)C. The van der Waals surface area contributed by atoms with Crippen molar-refractivity contribution in [2.45, 2.75) is 137 Å². The highest BCUT2D eigenvalue weighted by Crippen LogP contribution is 2.32. The number of likely N-dealkylation sites (N-methyl/N-ethyl adjacent to an activating group) is 1. The Labute approximate surface area is 352 Å². The van der Waals surface area contributed by atoms with Crippen LogP contribution in [0.3, 0.4) is 0 Å². The maximum atomic E-state index is 14.8. The zero-order valence-electron chi connectivity index (χ0n) is 35.8. The summed E-state index contributed by atoms with van der Waals surface area (Å²) in [5, 5.41) is 17.6. The van der Waals surface area contributed by atoms with Crippen LogP contribution in [0.15, 0.2) is 29.6 Å². The van der Waals surface area contributed by atoms with Gasteiger partial charge in [-0.1, -0.05) is 66.5 Å². The van der Waals surface area contributed by atoms with Crippen LogP contribution in [-0.4, -0.2) is 99.9 Å². The van der Waals surface area contributed by atoms with Crippen molar-refractivity contribution in [1.29, 1.82) is 0 Å². The Bertz CT molecular complexity index is 1700. The first kappa shape index (κ1) is 48.8. The number of nitrogens with zero attached hydrogens (tertiary/aromatic N) is 3. The lowest BCUT2D eigenvalue weighted by atomic mass is 9.92. The highest BCUT2D eigenvalue weighted by molar-refractivity contribution is 7.09. The van der Waals surface area contributed by atoms with Gasteiger partial charge in [0.05, 0.1) is 6.04 Å². The van der Waals surface area contributed by atoms with Crippen LogP contribution in [-0.2, 0) is 39.9 Å². The van der Waals surface area contributed by atoms with Gasteiger partial charge in [-0.3, -0.25) is 39.1 Å². The number of nitrogens with two attached hydrogens (primary N) is 1. The van der Waals surface area contributed by atoms with Gasteiger partial charge in [0.25, 0.3) is 5.91 Å². The van der Waals surface area contributed by atoms with E-state index in [4.69, 9.17) is 15.3 Å². The van der Waals surface area contributed by atoms with Crippen LogP contribution < -0.4 is 21.9 Å². The van der Waals surface area contributed by atoms with E-state index in [0.717, 1.165) is 36.3 Å². The van der Waals surface area contributed by atoms with Crippen molar-refractivity contribution >= 4 is 46.9 Å². The number of phenolic OH excluding ortho intramolecular Hbond substituents is 1. The van der Waals surface area contributed by atoms with Crippen LogP contribution in [0.5, 0.6) is 5.75 Å². The summed E-state index contributed by atoms with van der Waals surface area (Å²) in [5.41, 5.74) is 3.02. The number of ether oxygens (including phenoxy) is 2. The summed E-state index contributed by atoms with van der Waals surface area (Å²) in [4.78, 5) is 87.8. The van der Waals surface area contributed by atoms with Gasteiger partial charge in [0.15, 0.2) is 12.8 Å². The number of rotatable bonds is 22. The minimum atomic E-state index is -0.998. The molecule has 2 heterocycles. The van der Waals surface area contributed by atoms with E-state index in [1.807, 2.05) is 46.6 Å². The van der Waals surface area contributed by atoms with Crippen molar-refractivity contribution < 1.29 is 43.3 Å². The monoisotopic (exact) mass is 843 g/mol. The van der Waals surface area contributed by atoms with Gasteiger partial charge in [-0.25, -0.2) is 10.8 Å². The van der Waals surface area contributed by atoms with Gasteiger partial charge in [0.2, 0.25) is 17.7 Å². The summed E-state index contributed by atoms with van der Waals surface area (Å²) in [6.45, 7) is 12.8. The minimum Gasteiger partial charge on any atom is -0.508 e. The predicted molar refractivity (Wildman–Crippen MR) is 223 cm³/mol. The average Bonchev–Trinajstić information content (AvgIpc) is 3.70. The Morgan fingerprint density at radius 1 is 1.03 bits per heavy atom. The molecule has 0 spiro atoms. The molecule has 17 heteroatoms. The number of piperidine rings is 1. The molecule has 6 N–H and O–H groups in total. The average molecular weight is 844 g/mol. The molecule has 1 aliphatic heterocycles. The van der Waals surface area contributed by atoms with Crippen molar-refractivity contribution in [2.75, 3.05) is 20.3 Å². The summed E-state index contributed by atoms with van der Waals surface area (Å²) >= 11 is 1.11. The summed E-state index contributed by atoms with van der Waals surface area (Å²) in [6, 6.07) is 4.04. The lowest BCUT2D eigenvalue weighted by Gasteiger charge is -2.39. The van der Waals surface area contributed by atoms with Gasteiger partial charge in [0, 0.05) is 43.1 Å². The van der Waals surface area contributed by atoms with Crippen LogP contribution in [0.25, 0.3) is 0 Å². The van der Waals surface area contributed by atoms with Gasteiger partial charge in [0.1, 0.15) is 22.5 Å². The van der Waals surface area contributed by atoms with E-state index in [1.54, 1.807) is 24.4 Å². The lowest BCUT2D eigenvalue weighted by molar-refractivity contribution is -0.160. The molecule has 1 aromatic carbocycles. The van der Waals surface area contributed by atoms with Gasteiger partial charge in [-0.2, -0.15) is 0 Å². The minimum absolute atomic E-state index is 0.0462. The molecule has 4 amide bonds. The Morgan fingerprint density at radius 2 is 1.73 bits per heavy atom. The third-order valence-corrected chi connectivity index (χ3v) is 11.8. The van der Waals surface area contributed by atoms with Crippen molar-refractivity contribution in [3.8, 4) is 5.75 Å². The fraction of sp³-hybridized carbons (Fsp3) is 0.643. The molecule has 1 aromatic heterocycles. The molecule has 0 bridgehead atoms. The van der Waals surface area contributed by atoms with Gasteiger partial charge in [-0.05, 0) is 75.2 Å². The van der Waals surface area contributed by atoms with Crippen molar-refractivity contribution in [2.24, 2.45) is 23.6 Å². The molecule has 0 aliphatic carbocycles. The number of nitrogens with one attached hydrogen (secondary N) is 3. The zero-order valence-corrected chi connectivity index (χ0v) is 36.6. The molecule has 0 saturated carbocycles. The molecule has 7 atom stereocenters. The van der Waals surface area contributed by atoms with Crippen LogP contribution in [0.1, 0.15) is 127 Å². The van der Waals surface area contributed by atoms with E-state index in [1.165, 1.54) is 24.0 Å². The number of phenols is 1. The number of thiazole rings is 1. The zero-order chi connectivity index (χ0) is 43.8. The third kappa shape index (κ3) is 14.9. The molecule has 1 fully saturated rings. The topological polar surface area (TPSA) is 223 Å². The fourth-order valence-corrected chi connectivity index (χ4v) is 8.06. The Balaban J connectivity index is 1.95. The number of hydrogen-bond donors (Lipinski definition) is 5. The van der Waals surface area contributed by atoms with Crippen molar-refractivity contribution in [1.82, 2.24) is 30.8 Å². The van der Waals surface area contributed by atoms with Gasteiger partial charge >= 0.3 is 11.9 Å². The summed E-state index contributed by atoms with van der Waals surface area (Å²) in [5.74, 6) is 1.76. The Morgan fingerprint density at radius 3 is 2.32 bits per heavy atom. The number of benzene rings is 1. The standard InChI is InChI=1S/C42H65N7O9S/c1-9-13-36(52)57-24-49(42(56)37(26(5)10-2)46-40(55)33-14-11-12-19-48(33)8)34(25(3)4)22-35(58-28(7)50)41-45-32(23-59-41)39(54)44-30(20-27(6)38(53)47-43)21-29-15-17-31(51)18-16-29/h15-18,23,25-27,30,33-35,37,51H,9-14,19-22,24,43H2,1-8H3,(H,44,54)(H,46,55)(H,47,53). The number of carbonyl (C=O) groups is 6. The molecule has 59 heavy (non-hydrogen) atoms. The summed E-state index contributed by atoms with van der Waals surface area (Å²) < 4.78 is 11.5. The molecule has 1 aliphatic rings. The number of amides is 4. The number of esters is 2. The molecule has 16 nitrogen and oxygen atoms in total. The van der Waals surface area contributed by atoms with Gasteiger partial charge < -0.3 is 30.1 Å². The summed E-state index contributed by atoms with van der Waals surface area (Å²) in [6.07, 6.45) is 3.51. The number of aromatic nitrogens is 1. The smallest absolute Gasteiger partial charge is 0.307 e. The molecule has 7 unspecified atom stereocenters. The quantitative estimate of drug-likeness (QED) is 0.0367. The lowest BCUT2D eigenvalue weighted by Crippen LogP contribution is -2.59. The molecule has 328 valence electrons. The van der Waals surface area contributed by atoms with Crippen LogP contribution in [0.2, 0.25) is 0 Å². The van der Waals surface area contributed by atoms with E-state index >= 15 is 0 Å². The molecular formula is C42H65N7O9S. The highest BCUT2D eigenvalue weighted by atomic mass is 32.1. The van der Waals surface area contributed by atoms with E-state index in [9.17, 15) is 33.9 Å². The summed E-state index contributed by atoms with van der Waals surface area (Å²) in [7, 11) is 1.90. The molecule has 0 radical (unpaired) electrons. The second kappa shape index (κ2) is 23.8. The first-order valence-corrected chi connectivity index (χ1v) is 21.6. The Kier molecular flexibility index (Phi) is 19.7. The maximum absolute atomic E-state index is 14.8. The normalized spacial score (nSPS) is 17.4. The van der Waals surface area contributed by atoms with Crippen LogP contribution >= 0.6 is 11.3 Å². The second-order valence-corrected chi connectivity index (χ2v) is 16.9. The molecule has 3 rings (SSSR count). The maximum Gasteiger partial charge on any atom is 0.307 e. The Hall–Kier alpha value is -4.61. The van der Waals surface area contributed by atoms with E-state index < -0.39 is 59.8 Å². The number of carbonyl (C=O) groups excluding carboxylic acids is 6. The van der Waals surface area contributed by atoms with E-state index in [0.29, 0.717) is 30.7 Å². The van der Waals surface area contributed by atoms with Crippen LogP contribution in [0, 0.1) is 17.8 Å². The highest BCUT2D eigenvalue weighted by Gasteiger charge is 2.39. The van der Waals surface area contributed by atoms with Gasteiger partial charge in [-0.15, -0.1) is 11.3 Å². The number of hydrogen-bond acceptors (Lipinski definition) is 13. The van der Waals surface area contributed by atoms with Crippen molar-refractivity contribution in [3.05, 3.63) is 45.9 Å². The second-order valence-electron chi connectivity index (χ2n) is 16.0. The largest absolute Gasteiger partial charge is 0.508 e. The first-order valence-electron chi connectivity index (χ1n) is 20.7. The predicted octanol–water partition coefficient (Wildman–Crippen LogP) is 4.37. The number of hydrazine groups is 1. The van der Waals surface area contributed by atoms with Crippen molar-refractivity contribution in [3.63, 3.8) is 0 Å².